The first-order valence-corrected chi connectivity index (χ1v) is 8.91. The fourth-order valence-electron chi connectivity index (χ4n) is 2.99. The summed E-state index contributed by atoms with van der Waals surface area (Å²) in [6.45, 7) is 7.91. The van der Waals surface area contributed by atoms with Crippen LogP contribution in [-0.2, 0) is 9.59 Å². The molecule has 27 heavy (non-hydrogen) atoms. The zero-order chi connectivity index (χ0) is 19.4. The van der Waals surface area contributed by atoms with Gasteiger partial charge in [-0.05, 0) is 31.2 Å². The Morgan fingerprint density at radius 3 is 2.19 bits per heavy atom. The maximum atomic E-state index is 11.5. The summed E-state index contributed by atoms with van der Waals surface area (Å²) >= 11 is 0. The molecule has 2 aromatic rings. The van der Waals surface area contributed by atoms with Crippen LogP contribution >= 0.6 is 0 Å². The molecule has 0 radical (unpaired) electrons. The minimum absolute atomic E-state index is 0.104. The molecule has 8 heteroatoms. The van der Waals surface area contributed by atoms with Crippen molar-refractivity contribution in [2.75, 3.05) is 41.7 Å². The van der Waals surface area contributed by atoms with Crippen LogP contribution in [0.3, 0.4) is 0 Å². The minimum atomic E-state index is -0.104. The van der Waals surface area contributed by atoms with Crippen LogP contribution < -0.4 is 15.5 Å². The second-order valence-corrected chi connectivity index (χ2v) is 6.57. The van der Waals surface area contributed by atoms with E-state index >= 15 is 0 Å². The van der Waals surface area contributed by atoms with Crippen LogP contribution in [0.5, 0.6) is 0 Å². The number of hydrogen-bond acceptors (Lipinski definition) is 6. The highest BCUT2D eigenvalue weighted by atomic mass is 16.2. The first-order valence-electron chi connectivity index (χ1n) is 8.91. The van der Waals surface area contributed by atoms with Crippen molar-refractivity contribution in [1.82, 2.24) is 14.9 Å². The average molecular weight is 368 g/mol. The zero-order valence-electron chi connectivity index (χ0n) is 15.8. The summed E-state index contributed by atoms with van der Waals surface area (Å²) < 4.78 is 0. The summed E-state index contributed by atoms with van der Waals surface area (Å²) in [5.74, 6) is 1.38. The van der Waals surface area contributed by atoms with Crippen LogP contribution in [-0.4, -0.2) is 52.9 Å². The van der Waals surface area contributed by atoms with E-state index < -0.39 is 0 Å². The van der Waals surface area contributed by atoms with Crippen molar-refractivity contribution in [1.29, 1.82) is 0 Å². The highest BCUT2D eigenvalue weighted by Crippen LogP contribution is 2.21. The lowest BCUT2D eigenvalue weighted by molar-refractivity contribution is -0.129. The van der Waals surface area contributed by atoms with Crippen molar-refractivity contribution in [2.24, 2.45) is 0 Å². The molecule has 142 valence electrons. The first kappa shape index (κ1) is 18.6. The molecule has 2 amide bonds. The number of nitrogens with zero attached hydrogens (tertiary/aromatic N) is 4. The Hall–Kier alpha value is -3.16. The second-order valence-electron chi connectivity index (χ2n) is 6.57. The molecule has 0 atom stereocenters. The smallest absolute Gasteiger partial charge is 0.229 e. The Morgan fingerprint density at radius 2 is 1.59 bits per heavy atom. The number of carbonyl (C=O) groups is 2. The van der Waals surface area contributed by atoms with Gasteiger partial charge < -0.3 is 20.4 Å². The molecule has 1 aliphatic rings. The normalized spacial score (nSPS) is 14.0. The fraction of sp³-hybridized carbons (Fsp3) is 0.368. The lowest BCUT2D eigenvalue weighted by Crippen LogP contribution is -2.48. The minimum Gasteiger partial charge on any atom is -0.353 e. The van der Waals surface area contributed by atoms with E-state index in [4.69, 9.17) is 0 Å². The van der Waals surface area contributed by atoms with Crippen LogP contribution in [0.15, 0.2) is 30.3 Å². The summed E-state index contributed by atoms with van der Waals surface area (Å²) in [4.78, 5) is 35.7. The summed E-state index contributed by atoms with van der Waals surface area (Å²) in [7, 11) is 0. The van der Waals surface area contributed by atoms with E-state index in [0.29, 0.717) is 19.0 Å². The molecule has 1 saturated heterocycles. The molecule has 1 fully saturated rings. The van der Waals surface area contributed by atoms with Gasteiger partial charge in [0.1, 0.15) is 5.82 Å². The molecule has 0 unspecified atom stereocenters. The number of amides is 2. The van der Waals surface area contributed by atoms with Crippen molar-refractivity contribution in [2.45, 2.75) is 20.8 Å². The summed E-state index contributed by atoms with van der Waals surface area (Å²) in [6, 6.07) is 9.32. The van der Waals surface area contributed by atoms with Gasteiger partial charge in [0.15, 0.2) is 0 Å². The quantitative estimate of drug-likeness (QED) is 0.859. The first-order chi connectivity index (χ1) is 12.9. The Morgan fingerprint density at radius 1 is 0.963 bits per heavy atom. The molecule has 3 rings (SSSR count). The predicted octanol–water partition coefficient (Wildman–Crippen LogP) is 2.16. The maximum absolute atomic E-state index is 11.5. The van der Waals surface area contributed by atoms with Crippen LogP contribution in [0, 0.1) is 6.92 Å². The summed E-state index contributed by atoms with van der Waals surface area (Å²) in [5.41, 5.74) is 2.44. The molecule has 2 N–H and O–H groups in total. The van der Waals surface area contributed by atoms with Gasteiger partial charge in [0.25, 0.3) is 0 Å². The van der Waals surface area contributed by atoms with Crippen molar-refractivity contribution in [3.63, 3.8) is 0 Å². The van der Waals surface area contributed by atoms with Gasteiger partial charge in [-0.1, -0.05) is 0 Å². The summed E-state index contributed by atoms with van der Waals surface area (Å²) in [6.07, 6.45) is 0. The molecule has 0 spiro atoms. The fourth-order valence-corrected chi connectivity index (χ4v) is 2.99. The standard InChI is InChI=1S/C19H24N6O2/c1-13-12-18(25-10-8-24(9-11-25)15(3)27)23-19(20-13)22-17-6-4-16(5-7-17)21-14(2)26/h4-7,12H,8-11H2,1-3H3,(H,21,26)(H,20,22,23). The SMILES string of the molecule is CC(=O)Nc1ccc(Nc2nc(C)cc(N3CCN(C(C)=O)CC3)n2)cc1. The van der Waals surface area contributed by atoms with Gasteiger partial charge in [0.05, 0.1) is 0 Å². The third kappa shape index (κ3) is 4.93. The Bertz CT molecular complexity index is 829. The zero-order valence-corrected chi connectivity index (χ0v) is 15.8. The van der Waals surface area contributed by atoms with Crippen LogP contribution in [0.2, 0.25) is 0 Å². The van der Waals surface area contributed by atoms with Crippen molar-refractivity contribution < 1.29 is 9.59 Å². The Kier molecular flexibility index (Phi) is 5.54. The van der Waals surface area contributed by atoms with E-state index in [9.17, 15) is 9.59 Å². The largest absolute Gasteiger partial charge is 0.353 e. The number of aryl methyl sites for hydroxylation is 1. The Balaban J connectivity index is 1.70. The number of benzene rings is 1. The number of nitrogens with one attached hydrogen (secondary N) is 2. The molecule has 0 aliphatic carbocycles. The van der Waals surface area contributed by atoms with Crippen molar-refractivity contribution in [3.8, 4) is 0 Å². The van der Waals surface area contributed by atoms with Crippen LogP contribution in [0.4, 0.5) is 23.1 Å². The van der Waals surface area contributed by atoms with E-state index in [1.54, 1.807) is 6.92 Å². The number of aromatic nitrogens is 2. The van der Waals surface area contributed by atoms with Gasteiger partial charge in [-0.3, -0.25) is 9.59 Å². The van der Waals surface area contributed by atoms with Crippen molar-refractivity contribution in [3.05, 3.63) is 36.0 Å². The molecule has 1 aliphatic heterocycles. The van der Waals surface area contributed by atoms with Gasteiger partial charge in [0, 0.05) is 63.2 Å². The van der Waals surface area contributed by atoms with Gasteiger partial charge in [-0.2, -0.15) is 4.98 Å². The van der Waals surface area contributed by atoms with E-state index in [-0.39, 0.29) is 11.8 Å². The molecule has 2 heterocycles. The maximum Gasteiger partial charge on any atom is 0.229 e. The predicted molar refractivity (Wildman–Crippen MR) is 105 cm³/mol. The highest BCUT2D eigenvalue weighted by Gasteiger charge is 2.20. The van der Waals surface area contributed by atoms with Crippen LogP contribution in [0.1, 0.15) is 19.5 Å². The molecule has 0 saturated carbocycles. The third-order valence-electron chi connectivity index (χ3n) is 4.35. The number of rotatable bonds is 4. The van der Waals surface area contributed by atoms with Gasteiger partial charge in [-0.25, -0.2) is 4.98 Å². The molecular weight excluding hydrogens is 344 g/mol. The van der Waals surface area contributed by atoms with Gasteiger partial charge >= 0.3 is 0 Å². The average Bonchev–Trinajstić information content (AvgIpc) is 2.62. The van der Waals surface area contributed by atoms with Crippen LogP contribution in [0.25, 0.3) is 0 Å². The number of piperazine rings is 1. The molecular formula is C19H24N6O2. The number of carbonyl (C=O) groups excluding carboxylic acids is 2. The lowest BCUT2D eigenvalue weighted by Gasteiger charge is -2.35. The Labute approximate surface area is 158 Å². The van der Waals surface area contributed by atoms with Gasteiger partial charge in [-0.15, -0.1) is 0 Å². The van der Waals surface area contributed by atoms with Crippen molar-refractivity contribution >= 4 is 35.0 Å². The molecule has 8 nitrogen and oxygen atoms in total. The lowest BCUT2D eigenvalue weighted by atomic mass is 10.2. The summed E-state index contributed by atoms with van der Waals surface area (Å²) in [5, 5.41) is 5.94. The molecule has 0 bridgehead atoms. The van der Waals surface area contributed by atoms with E-state index in [1.807, 2.05) is 42.2 Å². The highest BCUT2D eigenvalue weighted by molar-refractivity contribution is 5.88. The molecule has 1 aromatic heterocycles. The third-order valence-corrected chi connectivity index (χ3v) is 4.35. The number of hydrogen-bond donors (Lipinski definition) is 2. The van der Waals surface area contributed by atoms with E-state index in [0.717, 1.165) is 36.0 Å². The topological polar surface area (TPSA) is 90.5 Å². The number of anilines is 4. The van der Waals surface area contributed by atoms with E-state index in [1.165, 1.54) is 6.92 Å². The second kappa shape index (κ2) is 8.03. The van der Waals surface area contributed by atoms with Gasteiger partial charge in [0.2, 0.25) is 17.8 Å². The monoisotopic (exact) mass is 368 g/mol. The van der Waals surface area contributed by atoms with E-state index in [2.05, 4.69) is 25.5 Å². The molecule has 1 aromatic carbocycles.